The number of nitrogens with one attached hydrogen (secondary N) is 1. The lowest BCUT2D eigenvalue weighted by Crippen LogP contribution is -2.32. The molecular formula is C20H22ClN3O3S. The first-order valence-electron chi connectivity index (χ1n) is 8.70. The van der Waals surface area contributed by atoms with E-state index in [1.807, 2.05) is 6.92 Å². The normalized spacial score (nSPS) is 10.9. The van der Waals surface area contributed by atoms with Crippen LogP contribution < -0.4 is 9.62 Å². The van der Waals surface area contributed by atoms with E-state index in [-0.39, 0.29) is 18.9 Å². The minimum absolute atomic E-state index is 0.172. The van der Waals surface area contributed by atoms with Crippen LogP contribution in [0.4, 0.5) is 11.4 Å². The summed E-state index contributed by atoms with van der Waals surface area (Å²) in [7, 11) is -3.51. The number of hydrogen-bond donors (Lipinski definition) is 1. The van der Waals surface area contributed by atoms with Crippen LogP contribution in [0.25, 0.3) is 0 Å². The largest absolute Gasteiger partial charge is 0.326 e. The molecule has 0 saturated heterocycles. The minimum Gasteiger partial charge on any atom is -0.326 e. The molecule has 0 aliphatic heterocycles. The van der Waals surface area contributed by atoms with Gasteiger partial charge in [-0.3, -0.25) is 9.10 Å². The number of anilines is 2. The molecule has 1 N–H and O–H groups in total. The molecule has 6 nitrogen and oxygen atoms in total. The molecule has 0 spiro atoms. The molecule has 0 aliphatic carbocycles. The van der Waals surface area contributed by atoms with Gasteiger partial charge in [0.1, 0.15) is 0 Å². The quantitative estimate of drug-likeness (QED) is 0.702. The first kappa shape index (κ1) is 21.7. The highest BCUT2D eigenvalue weighted by atomic mass is 35.5. The third kappa shape index (κ3) is 6.25. The van der Waals surface area contributed by atoms with Crippen LogP contribution in [0.1, 0.15) is 24.0 Å². The zero-order valence-corrected chi connectivity index (χ0v) is 17.3. The highest BCUT2D eigenvalue weighted by Gasteiger charge is 2.19. The van der Waals surface area contributed by atoms with E-state index in [1.165, 1.54) is 4.31 Å². The number of sulfonamides is 1. The summed E-state index contributed by atoms with van der Waals surface area (Å²) < 4.78 is 25.7. The maximum absolute atomic E-state index is 12.2. The van der Waals surface area contributed by atoms with E-state index in [9.17, 15) is 13.2 Å². The molecule has 0 aliphatic rings. The molecule has 0 heterocycles. The second kappa shape index (κ2) is 9.58. The number of rotatable bonds is 8. The van der Waals surface area contributed by atoms with Crippen molar-refractivity contribution in [1.29, 1.82) is 5.26 Å². The van der Waals surface area contributed by atoms with Crippen molar-refractivity contribution >= 4 is 38.9 Å². The van der Waals surface area contributed by atoms with Crippen molar-refractivity contribution in [2.45, 2.75) is 26.2 Å². The average molecular weight is 420 g/mol. The zero-order chi connectivity index (χ0) is 20.7. The summed E-state index contributed by atoms with van der Waals surface area (Å²) in [5.74, 6) is -0.204. The van der Waals surface area contributed by atoms with Crippen LogP contribution >= 0.6 is 11.6 Å². The predicted octanol–water partition coefficient (Wildman–Crippen LogP) is 3.90. The topological polar surface area (TPSA) is 90.3 Å². The molecule has 0 saturated carbocycles. The molecule has 1 amide bonds. The number of aryl methyl sites for hydroxylation is 1. The summed E-state index contributed by atoms with van der Waals surface area (Å²) in [6.45, 7) is 1.99. The fourth-order valence-corrected chi connectivity index (χ4v) is 3.90. The maximum atomic E-state index is 12.2. The highest BCUT2D eigenvalue weighted by Crippen LogP contribution is 2.26. The summed E-state index contributed by atoms with van der Waals surface area (Å²) in [4.78, 5) is 12.2. The lowest BCUT2D eigenvalue weighted by atomic mass is 10.1. The van der Waals surface area contributed by atoms with Crippen molar-refractivity contribution < 1.29 is 13.2 Å². The molecule has 0 fully saturated rings. The standard InChI is InChI=1S/C20H22ClN3O3S/c1-15-5-8-17(21)14-19(15)24(28(2,26)27)13-3-4-20(25)23-18-9-6-16(7-10-18)11-12-22/h5-10,14H,3-4,11,13H2,1-2H3,(H,23,25). The number of nitrogens with zero attached hydrogens (tertiary/aromatic N) is 2. The fourth-order valence-electron chi connectivity index (χ4n) is 2.72. The van der Waals surface area contributed by atoms with Crippen LogP contribution in [0.5, 0.6) is 0 Å². The monoisotopic (exact) mass is 419 g/mol. The Morgan fingerprint density at radius 3 is 2.50 bits per heavy atom. The molecule has 28 heavy (non-hydrogen) atoms. The number of halogens is 1. The molecule has 0 radical (unpaired) electrons. The van der Waals surface area contributed by atoms with Crippen molar-refractivity contribution in [2.24, 2.45) is 0 Å². The third-order valence-electron chi connectivity index (χ3n) is 4.13. The average Bonchev–Trinajstić information content (AvgIpc) is 2.62. The second-order valence-corrected chi connectivity index (χ2v) is 8.79. The van der Waals surface area contributed by atoms with Gasteiger partial charge in [0.2, 0.25) is 15.9 Å². The van der Waals surface area contributed by atoms with Crippen LogP contribution in [0, 0.1) is 18.3 Å². The van der Waals surface area contributed by atoms with Gasteiger partial charge in [0.25, 0.3) is 0 Å². The van der Waals surface area contributed by atoms with Gasteiger partial charge in [0.15, 0.2) is 0 Å². The van der Waals surface area contributed by atoms with Gasteiger partial charge in [-0.25, -0.2) is 8.42 Å². The van der Waals surface area contributed by atoms with E-state index >= 15 is 0 Å². The molecule has 2 aromatic rings. The number of benzene rings is 2. The van der Waals surface area contributed by atoms with E-state index in [4.69, 9.17) is 16.9 Å². The summed E-state index contributed by atoms with van der Waals surface area (Å²) in [5.41, 5.74) is 2.82. The minimum atomic E-state index is -3.51. The highest BCUT2D eigenvalue weighted by molar-refractivity contribution is 7.92. The van der Waals surface area contributed by atoms with Crippen molar-refractivity contribution in [2.75, 3.05) is 22.4 Å². The van der Waals surface area contributed by atoms with Gasteiger partial charge in [-0.1, -0.05) is 29.8 Å². The molecule has 0 unspecified atom stereocenters. The molecule has 148 valence electrons. The van der Waals surface area contributed by atoms with Crippen molar-refractivity contribution in [3.8, 4) is 6.07 Å². The van der Waals surface area contributed by atoms with Crippen molar-refractivity contribution in [3.63, 3.8) is 0 Å². The Kier molecular flexibility index (Phi) is 7.44. The van der Waals surface area contributed by atoms with Crippen LogP contribution in [-0.2, 0) is 21.2 Å². The Morgan fingerprint density at radius 1 is 1.21 bits per heavy atom. The number of amides is 1. The van der Waals surface area contributed by atoms with Crippen LogP contribution in [0.2, 0.25) is 5.02 Å². The fraction of sp³-hybridized carbons (Fsp3) is 0.300. The number of nitriles is 1. The molecule has 0 aromatic heterocycles. The van der Waals surface area contributed by atoms with Gasteiger partial charge in [-0.05, 0) is 48.7 Å². The van der Waals surface area contributed by atoms with E-state index < -0.39 is 10.0 Å². The van der Waals surface area contributed by atoms with Gasteiger partial charge in [0.05, 0.1) is 24.4 Å². The van der Waals surface area contributed by atoms with E-state index in [0.717, 1.165) is 17.4 Å². The number of carbonyl (C=O) groups excluding carboxylic acids is 1. The Balaban J connectivity index is 1.97. The maximum Gasteiger partial charge on any atom is 0.232 e. The summed E-state index contributed by atoms with van der Waals surface area (Å²) >= 11 is 6.01. The number of hydrogen-bond acceptors (Lipinski definition) is 4. The second-order valence-electron chi connectivity index (χ2n) is 6.45. The lowest BCUT2D eigenvalue weighted by Gasteiger charge is -2.24. The van der Waals surface area contributed by atoms with E-state index in [2.05, 4.69) is 11.4 Å². The summed E-state index contributed by atoms with van der Waals surface area (Å²) in [6, 6.07) is 14.2. The Bertz CT molecular complexity index is 983. The molecular weight excluding hydrogens is 398 g/mol. The number of carbonyl (C=O) groups is 1. The summed E-state index contributed by atoms with van der Waals surface area (Å²) in [5, 5.41) is 11.9. The smallest absolute Gasteiger partial charge is 0.232 e. The van der Waals surface area contributed by atoms with Gasteiger partial charge < -0.3 is 5.32 Å². The predicted molar refractivity (Wildman–Crippen MR) is 112 cm³/mol. The van der Waals surface area contributed by atoms with Crippen LogP contribution in [0.15, 0.2) is 42.5 Å². The van der Waals surface area contributed by atoms with Gasteiger partial charge in [-0.15, -0.1) is 0 Å². The van der Waals surface area contributed by atoms with E-state index in [0.29, 0.717) is 29.2 Å². The Labute approximate surface area is 170 Å². The van der Waals surface area contributed by atoms with Crippen LogP contribution in [0.3, 0.4) is 0 Å². The van der Waals surface area contributed by atoms with Crippen LogP contribution in [-0.4, -0.2) is 27.1 Å². The zero-order valence-electron chi connectivity index (χ0n) is 15.8. The van der Waals surface area contributed by atoms with Gasteiger partial charge in [-0.2, -0.15) is 5.26 Å². The molecule has 0 bridgehead atoms. The third-order valence-corrected chi connectivity index (χ3v) is 5.54. The molecule has 0 atom stereocenters. The molecule has 2 aromatic carbocycles. The van der Waals surface area contributed by atoms with Crippen molar-refractivity contribution in [3.05, 3.63) is 58.6 Å². The molecule has 8 heteroatoms. The summed E-state index contributed by atoms with van der Waals surface area (Å²) in [6.07, 6.45) is 1.98. The lowest BCUT2D eigenvalue weighted by molar-refractivity contribution is -0.116. The molecule has 2 rings (SSSR count). The Morgan fingerprint density at radius 2 is 1.89 bits per heavy atom. The first-order chi connectivity index (χ1) is 13.2. The first-order valence-corrected chi connectivity index (χ1v) is 10.9. The Hall–Kier alpha value is -2.56. The van der Waals surface area contributed by atoms with Gasteiger partial charge in [0, 0.05) is 23.7 Å². The van der Waals surface area contributed by atoms with E-state index in [1.54, 1.807) is 42.5 Å². The van der Waals surface area contributed by atoms with Gasteiger partial charge >= 0.3 is 0 Å². The SMILES string of the molecule is Cc1ccc(Cl)cc1N(CCCC(=O)Nc1ccc(CC#N)cc1)S(C)(=O)=O. The van der Waals surface area contributed by atoms with Crippen molar-refractivity contribution in [1.82, 2.24) is 0 Å².